The fraction of sp³-hybridized carbons (Fsp3) is 0.0714. The summed E-state index contributed by atoms with van der Waals surface area (Å²) in [7, 11) is 0. The molecule has 0 spiro atoms. The minimum Gasteiger partial charge on any atom is -0.484 e. The van der Waals surface area contributed by atoms with Crippen molar-refractivity contribution in [3.63, 3.8) is 0 Å². The fourth-order valence-electron chi connectivity index (χ4n) is 1.66. The van der Waals surface area contributed by atoms with Crippen LogP contribution in [0.15, 0.2) is 45.6 Å². The molecule has 0 saturated heterocycles. The minimum absolute atomic E-state index is 0.129. The van der Waals surface area contributed by atoms with Crippen molar-refractivity contribution < 1.29 is 19.2 Å². The zero-order chi connectivity index (χ0) is 14.7. The quantitative estimate of drug-likeness (QED) is 0.779. The van der Waals surface area contributed by atoms with Crippen LogP contribution in [0.5, 0.6) is 5.75 Å². The first-order chi connectivity index (χ1) is 10.2. The number of benzene rings is 1. The molecule has 2 aromatic heterocycles. The molecule has 1 aromatic carbocycles. The van der Waals surface area contributed by atoms with Gasteiger partial charge in [0.1, 0.15) is 5.75 Å². The van der Waals surface area contributed by atoms with Crippen LogP contribution in [0.3, 0.4) is 0 Å². The maximum Gasteiger partial charge on any atom is 0.335 e. The lowest BCUT2D eigenvalue weighted by Crippen LogP contribution is -1.98. The molecular weight excluding hydrogens is 292 g/mol. The molecule has 2 heterocycles. The predicted octanol–water partition coefficient (Wildman–Crippen LogP) is 3.08. The summed E-state index contributed by atoms with van der Waals surface area (Å²) < 4.78 is 10.6. The van der Waals surface area contributed by atoms with Crippen molar-refractivity contribution in [2.24, 2.45) is 0 Å². The molecule has 1 N–H and O–H groups in total. The Bertz CT molecular complexity index is 735. The van der Waals surface area contributed by atoms with E-state index in [2.05, 4.69) is 10.1 Å². The number of rotatable bonds is 5. The summed E-state index contributed by atoms with van der Waals surface area (Å²) in [6.07, 6.45) is 0. The molecule has 3 aromatic rings. The van der Waals surface area contributed by atoms with Gasteiger partial charge in [-0.15, -0.1) is 0 Å². The summed E-state index contributed by atoms with van der Waals surface area (Å²) in [5.74, 6) is 0.448. The third kappa shape index (κ3) is 3.09. The van der Waals surface area contributed by atoms with Crippen molar-refractivity contribution in [2.75, 3.05) is 0 Å². The van der Waals surface area contributed by atoms with Gasteiger partial charge in [0, 0.05) is 10.9 Å². The van der Waals surface area contributed by atoms with Crippen LogP contribution in [-0.4, -0.2) is 21.2 Å². The van der Waals surface area contributed by atoms with Crippen LogP contribution >= 0.6 is 11.3 Å². The fourth-order valence-corrected chi connectivity index (χ4v) is 2.30. The van der Waals surface area contributed by atoms with E-state index >= 15 is 0 Å². The van der Waals surface area contributed by atoms with E-state index < -0.39 is 5.97 Å². The molecule has 0 saturated carbocycles. The van der Waals surface area contributed by atoms with Crippen LogP contribution in [0.1, 0.15) is 16.2 Å². The number of aromatic nitrogens is 2. The van der Waals surface area contributed by atoms with E-state index in [0.717, 1.165) is 5.56 Å². The smallest absolute Gasteiger partial charge is 0.335 e. The summed E-state index contributed by atoms with van der Waals surface area (Å²) in [4.78, 5) is 15.0. The van der Waals surface area contributed by atoms with Gasteiger partial charge in [-0.3, -0.25) is 0 Å². The largest absolute Gasteiger partial charge is 0.484 e. The Morgan fingerprint density at radius 1 is 1.29 bits per heavy atom. The van der Waals surface area contributed by atoms with Crippen LogP contribution in [0, 0.1) is 0 Å². The number of aromatic carboxylic acids is 1. The molecule has 0 bridgehead atoms. The maximum absolute atomic E-state index is 10.7. The zero-order valence-corrected chi connectivity index (χ0v) is 11.5. The highest BCUT2D eigenvalue weighted by atomic mass is 32.1. The van der Waals surface area contributed by atoms with Crippen LogP contribution < -0.4 is 4.74 Å². The van der Waals surface area contributed by atoms with Crippen molar-refractivity contribution in [1.29, 1.82) is 0 Å². The van der Waals surface area contributed by atoms with Crippen LogP contribution in [-0.2, 0) is 6.61 Å². The van der Waals surface area contributed by atoms with Gasteiger partial charge in [-0.25, -0.2) is 4.79 Å². The Morgan fingerprint density at radius 3 is 2.76 bits per heavy atom. The lowest BCUT2D eigenvalue weighted by Gasteiger charge is -2.02. The summed E-state index contributed by atoms with van der Waals surface area (Å²) in [6.45, 7) is 0.129. The zero-order valence-electron chi connectivity index (χ0n) is 10.7. The van der Waals surface area contributed by atoms with E-state index in [4.69, 9.17) is 14.4 Å². The van der Waals surface area contributed by atoms with Crippen LogP contribution in [0.25, 0.3) is 11.4 Å². The highest BCUT2D eigenvalue weighted by Crippen LogP contribution is 2.19. The molecule has 7 heteroatoms. The standard InChI is InChI=1S/C14H10N2O4S/c17-14(18)9-1-3-11(4-2-9)19-7-12-15-13(16-20-12)10-5-6-21-8-10/h1-6,8H,7H2,(H,17,18). The van der Waals surface area contributed by atoms with Crippen molar-refractivity contribution in [2.45, 2.75) is 6.61 Å². The Kier molecular flexibility index (Phi) is 3.65. The number of carbonyl (C=O) groups is 1. The number of hydrogen-bond donors (Lipinski definition) is 1. The van der Waals surface area contributed by atoms with Gasteiger partial charge in [-0.1, -0.05) is 5.16 Å². The average molecular weight is 302 g/mol. The molecule has 0 radical (unpaired) electrons. The van der Waals surface area contributed by atoms with Crippen molar-refractivity contribution in [3.8, 4) is 17.1 Å². The lowest BCUT2D eigenvalue weighted by molar-refractivity contribution is 0.0697. The third-order valence-corrected chi connectivity index (χ3v) is 3.39. The molecule has 106 valence electrons. The Balaban J connectivity index is 1.64. The molecular formula is C14H10N2O4S. The van der Waals surface area contributed by atoms with Gasteiger partial charge in [0.05, 0.1) is 5.56 Å². The average Bonchev–Trinajstić information content (AvgIpc) is 3.16. The SMILES string of the molecule is O=C(O)c1ccc(OCc2nc(-c3ccsc3)no2)cc1. The van der Waals surface area contributed by atoms with Crippen LogP contribution in [0.4, 0.5) is 0 Å². The first-order valence-electron chi connectivity index (χ1n) is 6.04. The van der Waals surface area contributed by atoms with E-state index in [9.17, 15) is 4.79 Å². The molecule has 6 nitrogen and oxygen atoms in total. The molecule has 0 atom stereocenters. The maximum atomic E-state index is 10.7. The normalized spacial score (nSPS) is 10.5. The monoisotopic (exact) mass is 302 g/mol. The molecule has 0 aliphatic carbocycles. The van der Waals surface area contributed by atoms with Gasteiger partial charge in [0.15, 0.2) is 6.61 Å². The number of carboxylic acids is 1. The molecule has 21 heavy (non-hydrogen) atoms. The van der Waals surface area contributed by atoms with Gasteiger partial charge in [-0.05, 0) is 35.7 Å². The van der Waals surface area contributed by atoms with E-state index in [-0.39, 0.29) is 12.2 Å². The van der Waals surface area contributed by atoms with Gasteiger partial charge in [-0.2, -0.15) is 16.3 Å². The molecule has 0 unspecified atom stereocenters. The molecule has 0 amide bonds. The summed E-state index contributed by atoms with van der Waals surface area (Å²) in [6, 6.07) is 8.02. The Hall–Kier alpha value is -2.67. The number of ether oxygens (including phenoxy) is 1. The van der Waals surface area contributed by atoms with Crippen LogP contribution in [0.2, 0.25) is 0 Å². The summed E-state index contributed by atoms with van der Waals surface area (Å²) in [5.41, 5.74) is 1.11. The first kappa shape index (κ1) is 13.3. The molecule has 0 aliphatic heterocycles. The lowest BCUT2D eigenvalue weighted by atomic mass is 10.2. The summed E-state index contributed by atoms with van der Waals surface area (Å²) in [5, 5.41) is 16.5. The molecule has 0 fully saturated rings. The highest BCUT2D eigenvalue weighted by Gasteiger charge is 2.09. The second kappa shape index (κ2) is 5.76. The number of nitrogens with zero attached hydrogens (tertiary/aromatic N) is 2. The second-order valence-corrected chi connectivity index (χ2v) is 4.92. The highest BCUT2D eigenvalue weighted by molar-refractivity contribution is 7.08. The van der Waals surface area contributed by atoms with Gasteiger partial charge >= 0.3 is 5.97 Å². The molecule has 3 rings (SSSR count). The van der Waals surface area contributed by atoms with Crippen molar-refractivity contribution in [3.05, 3.63) is 52.5 Å². The van der Waals surface area contributed by atoms with E-state index in [1.54, 1.807) is 23.5 Å². The third-order valence-electron chi connectivity index (χ3n) is 2.71. The summed E-state index contributed by atoms with van der Waals surface area (Å²) >= 11 is 1.56. The van der Waals surface area contributed by atoms with Crippen molar-refractivity contribution >= 4 is 17.3 Å². The minimum atomic E-state index is -0.973. The van der Waals surface area contributed by atoms with E-state index in [1.807, 2.05) is 16.8 Å². The van der Waals surface area contributed by atoms with Gasteiger partial charge < -0.3 is 14.4 Å². The Labute approximate surface area is 123 Å². The first-order valence-corrected chi connectivity index (χ1v) is 6.98. The van der Waals surface area contributed by atoms with Gasteiger partial charge in [0.2, 0.25) is 5.82 Å². The topological polar surface area (TPSA) is 85.5 Å². The number of hydrogen-bond acceptors (Lipinski definition) is 6. The second-order valence-electron chi connectivity index (χ2n) is 4.14. The Morgan fingerprint density at radius 2 is 2.10 bits per heavy atom. The van der Waals surface area contributed by atoms with E-state index in [1.165, 1.54) is 12.1 Å². The van der Waals surface area contributed by atoms with Gasteiger partial charge in [0.25, 0.3) is 5.89 Å². The number of carboxylic acid groups (broad SMARTS) is 1. The predicted molar refractivity (Wildman–Crippen MR) is 75.3 cm³/mol. The number of thiophene rings is 1. The van der Waals surface area contributed by atoms with E-state index in [0.29, 0.717) is 17.5 Å². The molecule has 0 aliphatic rings. The van der Waals surface area contributed by atoms with Crippen molar-refractivity contribution in [1.82, 2.24) is 10.1 Å².